The highest BCUT2D eigenvalue weighted by Gasteiger charge is 2.15. The summed E-state index contributed by atoms with van der Waals surface area (Å²) in [6, 6.07) is 5.24. The summed E-state index contributed by atoms with van der Waals surface area (Å²) in [6.45, 7) is 2.23. The number of rotatable bonds is 5. The zero-order chi connectivity index (χ0) is 13.7. The Morgan fingerprint density at radius 2 is 2.22 bits per heavy atom. The fourth-order valence-corrected chi connectivity index (χ4v) is 2.01. The van der Waals surface area contributed by atoms with Gasteiger partial charge in [-0.05, 0) is 47.5 Å². The van der Waals surface area contributed by atoms with Crippen LogP contribution >= 0.6 is 15.9 Å². The molecule has 0 radical (unpaired) electrons. The van der Waals surface area contributed by atoms with Gasteiger partial charge >= 0.3 is 0 Å². The van der Waals surface area contributed by atoms with Crippen LogP contribution in [0.3, 0.4) is 0 Å². The van der Waals surface area contributed by atoms with Crippen molar-refractivity contribution < 1.29 is 14.6 Å². The molecule has 1 atom stereocenters. The Hall–Kier alpha value is -1.07. The number of carbonyl (C=O) groups is 1. The number of hydrogen-bond acceptors (Lipinski definition) is 3. The summed E-state index contributed by atoms with van der Waals surface area (Å²) in [5, 5.41) is 9.21. The molecule has 0 aromatic heterocycles. The minimum absolute atomic E-state index is 0.0785. The molecule has 18 heavy (non-hydrogen) atoms. The van der Waals surface area contributed by atoms with E-state index in [4.69, 9.17) is 4.74 Å². The van der Waals surface area contributed by atoms with E-state index in [1.54, 1.807) is 44.2 Å². The highest BCUT2D eigenvalue weighted by molar-refractivity contribution is 9.10. The maximum atomic E-state index is 12.2. The van der Waals surface area contributed by atoms with Crippen molar-refractivity contribution >= 4 is 21.8 Å². The van der Waals surface area contributed by atoms with E-state index in [-0.39, 0.29) is 5.91 Å². The number of nitrogens with zero attached hydrogens (tertiary/aromatic N) is 1. The number of benzene rings is 1. The maximum Gasteiger partial charge on any atom is 0.254 e. The molecule has 0 saturated heterocycles. The summed E-state index contributed by atoms with van der Waals surface area (Å²) in [5.41, 5.74) is 0.587. The molecule has 0 bridgehead atoms. The van der Waals surface area contributed by atoms with Gasteiger partial charge in [0.05, 0.1) is 18.8 Å². The second kappa shape index (κ2) is 6.75. The number of hydrogen-bond donors (Lipinski definition) is 1. The molecule has 1 N–H and O–H groups in total. The van der Waals surface area contributed by atoms with Crippen molar-refractivity contribution in [3.8, 4) is 5.75 Å². The highest BCUT2D eigenvalue weighted by atomic mass is 79.9. The van der Waals surface area contributed by atoms with E-state index in [1.165, 1.54) is 0 Å². The van der Waals surface area contributed by atoms with Gasteiger partial charge in [0.25, 0.3) is 5.91 Å². The van der Waals surface area contributed by atoms with E-state index >= 15 is 0 Å². The molecule has 0 aliphatic carbocycles. The summed E-state index contributed by atoms with van der Waals surface area (Å²) in [5.74, 6) is 0.621. The first-order valence-corrected chi connectivity index (χ1v) is 6.52. The number of ether oxygens (including phenoxy) is 1. The predicted molar refractivity (Wildman–Crippen MR) is 74.0 cm³/mol. The SMILES string of the molecule is COc1ccc(C(=O)N(C)CCC(C)O)c(Br)c1. The maximum absolute atomic E-state index is 12.2. The smallest absolute Gasteiger partial charge is 0.254 e. The molecule has 0 saturated carbocycles. The van der Waals surface area contributed by atoms with Crippen molar-refractivity contribution in [3.63, 3.8) is 0 Å². The first kappa shape index (κ1) is 15.0. The largest absolute Gasteiger partial charge is 0.497 e. The summed E-state index contributed by atoms with van der Waals surface area (Å²) in [6.07, 6.45) is 0.162. The van der Waals surface area contributed by atoms with Gasteiger partial charge in [-0.25, -0.2) is 0 Å². The lowest BCUT2D eigenvalue weighted by Gasteiger charge is -2.19. The summed E-state index contributed by atoms with van der Waals surface area (Å²) >= 11 is 3.36. The first-order chi connectivity index (χ1) is 8.45. The third-order valence-electron chi connectivity index (χ3n) is 2.64. The normalized spacial score (nSPS) is 12.1. The van der Waals surface area contributed by atoms with Crippen molar-refractivity contribution in [2.75, 3.05) is 20.7 Å². The minimum atomic E-state index is -0.403. The van der Waals surface area contributed by atoms with E-state index < -0.39 is 6.10 Å². The van der Waals surface area contributed by atoms with Gasteiger partial charge < -0.3 is 14.7 Å². The predicted octanol–water partition coefficient (Wildman–Crippen LogP) is 2.30. The summed E-state index contributed by atoms with van der Waals surface area (Å²) in [4.78, 5) is 13.7. The summed E-state index contributed by atoms with van der Waals surface area (Å²) < 4.78 is 5.79. The van der Waals surface area contributed by atoms with E-state index in [2.05, 4.69) is 15.9 Å². The van der Waals surface area contributed by atoms with E-state index in [0.29, 0.717) is 28.8 Å². The molecule has 0 heterocycles. The van der Waals surface area contributed by atoms with Crippen LogP contribution < -0.4 is 4.74 Å². The molecule has 0 spiro atoms. The van der Waals surface area contributed by atoms with Crippen LogP contribution in [0.25, 0.3) is 0 Å². The third-order valence-corrected chi connectivity index (χ3v) is 3.29. The average molecular weight is 316 g/mol. The van der Waals surface area contributed by atoms with Gasteiger partial charge in [-0.2, -0.15) is 0 Å². The van der Waals surface area contributed by atoms with Gasteiger partial charge in [0.1, 0.15) is 5.75 Å². The van der Waals surface area contributed by atoms with Crippen LogP contribution in [0, 0.1) is 0 Å². The molecular formula is C13H18BrNO3. The van der Waals surface area contributed by atoms with E-state index in [1.807, 2.05) is 0 Å². The van der Waals surface area contributed by atoms with Gasteiger partial charge in [-0.1, -0.05) is 0 Å². The minimum Gasteiger partial charge on any atom is -0.497 e. The van der Waals surface area contributed by atoms with E-state index in [9.17, 15) is 9.90 Å². The quantitative estimate of drug-likeness (QED) is 0.907. The monoisotopic (exact) mass is 315 g/mol. The second-order valence-corrected chi connectivity index (χ2v) is 5.06. The van der Waals surface area contributed by atoms with Crippen molar-refractivity contribution in [1.82, 2.24) is 4.90 Å². The standard InChI is InChI=1S/C13H18BrNO3/c1-9(16)6-7-15(2)13(17)11-5-4-10(18-3)8-12(11)14/h4-5,8-9,16H,6-7H2,1-3H3. The molecule has 1 aromatic rings. The molecule has 1 aromatic carbocycles. The lowest BCUT2D eigenvalue weighted by molar-refractivity contribution is 0.0768. The van der Waals surface area contributed by atoms with Gasteiger partial charge in [-0.3, -0.25) is 4.79 Å². The number of halogens is 1. The van der Waals surface area contributed by atoms with Crippen LogP contribution in [0.2, 0.25) is 0 Å². The molecule has 0 aliphatic heterocycles. The van der Waals surface area contributed by atoms with Gasteiger partial charge in [0, 0.05) is 18.1 Å². The Morgan fingerprint density at radius 3 is 2.72 bits per heavy atom. The van der Waals surface area contributed by atoms with Crippen LogP contribution in [-0.2, 0) is 0 Å². The molecule has 0 aliphatic rings. The number of aliphatic hydroxyl groups is 1. The van der Waals surface area contributed by atoms with Crippen LogP contribution in [-0.4, -0.2) is 42.7 Å². The molecule has 5 heteroatoms. The topological polar surface area (TPSA) is 49.8 Å². The lowest BCUT2D eigenvalue weighted by atomic mass is 10.2. The zero-order valence-corrected chi connectivity index (χ0v) is 12.4. The molecule has 4 nitrogen and oxygen atoms in total. The van der Waals surface area contributed by atoms with Crippen LogP contribution in [0.15, 0.2) is 22.7 Å². The average Bonchev–Trinajstić information content (AvgIpc) is 2.34. The lowest BCUT2D eigenvalue weighted by Crippen LogP contribution is -2.29. The van der Waals surface area contributed by atoms with Crippen molar-refractivity contribution in [3.05, 3.63) is 28.2 Å². The summed E-state index contributed by atoms with van der Waals surface area (Å²) in [7, 11) is 3.30. The Balaban J connectivity index is 2.77. The number of carbonyl (C=O) groups excluding carboxylic acids is 1. The van der Waals surface area contributed by atoms with Gasteiger partial charge in [-0.15, -0.1) is 0 Å². The van der Waals surface area contributed by atoms with Crippen molar-refractivity contribution in [2.45, 2.75) is 19.4 Å². The Labute approximate surface area is 116 Å². The van der Waals surface area contributed by atoms with Crippen molar-refractivity contribution in [1.29, 1.82) is 0 Å². The number of methoxy groups -OCH3 is 1. The molecular weight excluding hydrogens is 298 g/mol. The molecule has 1 rings (SSSR count). The fourth-order valence-electron chi connectivity index (χ4n) is 1.48. The van der Waals surface area contributed by atoms with Crippen molar-refractivity contribution in [2.24, 2.45) is 0 Å². The second-order valence-electron chi connectivity index (χ2n) is 4.21. The Bertz CT molecular complexity index is 421. The molecule has 100 valence electrons. The fraction of sp³-hybridized carbons (Fsp3) is 0.462. The van der Waals surface area contributed by atoms with Crippen LogP contribution in [0.4, 0.5) is 0 Å². The Kier molecular flexibility index (Phi) is 5.62. The zero-order valence-electron chi connectivity index (χ0n) is 10.8. The van der Waals surface area contributed by atoms with Crippen LogP contribution in [0.5, 0.6) is 5.75 Å². The third kappa shape index (κ3) is 3.99. The first-order valence-electron chi connectivity index (χ1n) is 5.72. The molecule has 1 unspecified atom stereocenters. The van der Waals surface area contributed by atoms with E-state index in [0.717, 1.165) is 0 Å². The molecule has 0 fully saturated rings. The van der Waals surface area contributed by atoms with Gasteiger partial charge in [0.2, 0.25) is 0 Å². The number of aliphatic hydroxyl groups excluding tert-OH is 1. The van der Waals surface area contributed by atoms with Gasteiger partial charge in [0.15, 0.2) is 0 Å². The number of amides is 1. The van der Waals surface area contributed by atoms with Crippen LogP contribution in [0.1, 0.15) is 23.7 Å². The Morgan fingerprint density at radius 1 is 1.56 bits per heavy atom. The highest BCUT2D eigenvalue weighted by Crippen LogP contribution is 2.23. The molecule has 1 amide bonds.